The molecule has 0 heterocycles. The summed E-state index contributed by atoms with van der Waals surface area (Å²) in [5.74, 6) is -0.960. The van der Waals surface area contributed by atoms with E-state index < -0.39 is 5.92 Å². The molecule has 0 aromatic carbocycles. The van der Waals surface area contributed by atoms with E-state index >= 15 is 0 Å². The second-order valence-corrected chi connectivity index (χ2v) is 6.40. The van der Waals surface area contributed by atoms with Crippen LogP contribution in [-0.2, 0) is 14.3 Å². The fourth-order valence-electron chi connectivity index (χ4n) is 2.93. The highest BCUT2D eigenvalue weighted by molar-refractivity contribution is 6.32. The molecule has 1 unspecified atom stereocenters. The van der Waals surface area contributed by atoms with Crippen molar-refractivity contribution in [2.24, 2.45) is 5.92 Å². The van der Waals surface area contributed by atoms with Crippen molar-refractivity contribution in [2.45, 2.75) is 51.5 Å². The summed E-state index contributed by atoms with van der Waals surface area (Å²) < 4.78 is 5.12. The molecule has 1 saturated carbocycles. The number of esters is 1. The van der Waals surface area contributed by atoms with Crippen molar-refractivity contribution >= 4 is 23.4 Å². The zero-order valence-corrected chi connectivity index (χ0v) is 14.3. The Kier molecular flexibility index (Phi) is 6.90. The minimum absolute atomic E-state index is 0.0784. The third-order valence-corrected chi connectivity index (χ3v) is 4.64. The Balaban J connectivity index is 2.07. The van der Waals surface area contributed by atoms with Crippen LogP contribution in [0.5, 0.6) is 0 Å². The molecular formula is C18H24ClNO3. The van der Waals surface area contributed by atoms with Crippen LogP contribution in [0.15, 0.2) is 35.0 Å². The first-order valence-electron chi connectivity index (χ1n) is 8.31. The fourth-order valence-corrected chi connectivity index (χ4v) is 3.19. The monoisotopic (exact) mass is 337 g/mol. The molecule has 0 aromatic rings. The molecule has 2 aliphatic carbocycles. The summed E-state index contributed by atoms with van der Waals surface area (Å²) >= 11 is 6.14. The van der Waals surface area contributed by atoms with Crippen molar-refractivity contribution in [3.63, 3.8) is 0 Å². The standard InChI is InChI=1S/C18H24ClNO3/c1-2-23-18(22)13(12-20-14-7-4-3-5-8-14)11-15-16(19)9-6-10-17(15)21/h6,9-10,12,14-15,20H,2-5,7-8,11H2,1H3/b13-12+. The molecule has 2 aliphatic rings. The van der Waals surface area contributed by atoms with Gasteiger partial charge in [-0.25, -0.2) is 4.79 Å². The average molecular weight is 338 g/mol. The summed E-state index contributed by atoms with van der Waals surface area (Å²) in [5.41, 5.74) is 0.470. The summed E-state index contributed by atoms with van der Waals surface area (Å²) in [4.78, 5) is 24.2. The fraction of sp³-hybridized carbons (Fsp3) is 0.556. The lowest BCUT2D eigenvalue weighted by Gasteiger charge is -2.23. The van der Waals surface area contributed by atoms with Gasteiger partial charge in [-0.3, -0.25) is 4.79 Å². The van der Waals surface area contributed by atoms with Crippen LogP contribution in [0.25, 0.3) is 0 Å². The first-order chi connectivity index (χ1) is 11.1. The molecule has 5 heteroatoms. The van der Waals surface area contributed by atoms with Crippen molar-refractivity contribution in [1.29, 1.82) is 0 Å². The van der Waals surface area contributed by atoms with Crippen molar-refractivity contribution in [3.05, 3.63) is 35.0 Å². The highest BCUT2D eigenvalue weighted by Gasteiger charge is 2.26. The largest absolute Gasteiger partial charge is 0.463 e. The lowest BCUT2D eigenvalue weighted by atomic mass is 9.91. The minimum atomic E-state index is -0.495. The van der Waals surface area contributed by atoms with Crippen LogP contribution in [-0.4, -0.2) is 24.4 Å². The van der Waals surface area contributed by atoms with E-state index in [0.29, 0.717) is 23.3 Å². The number of hydrogen-bond acceptors (Lipinski definition) is 4. The molecule has 0 spiro atoms. The Labute approximate surface area is 142 Å². The molecule has 0 amide bonds. The first kappa shape index (κ1) is 17.8. The van der Waals surface area contributed by atoms with E-state index in [2.05, 4.69) is 5.32 Å². The molecule has 1 N–H and O–H groups in total. The molecule has 126 valence electrons. The van der Waals surface area contributed by atoms with E-state index in [1.165, 1.54) is 25.3 Å². The summed E-state index contributed by atoms with van der Waals surface area (Å²) in [7, 11) is 0. The van der Waals surface area contributed by atoms with Crippen LogP contribution in [0.1, 0.15) is 45.4 Å². The van der Waals surface area contributed by atoms with Crippen LogP contribution >= 0.6 is 11.6 Å². The quantitative estimate of drug-likeness (QED) is 0.594. The van der Waals surface area contributed by atoms with Crippen LogP contribution in [0, 0.1) is 5.92 Å². The van der Waals surface area contributed by atoms with Gasteiger partial charge in [0.15, 0.2) is 5.78 Å². The zero-order valence-electron chi connectivity index (χ0n) is 13.5. The Hall–Kier alpha value is -1.55. The van der Waals surface area contributed by atoms with Gasteiger partial charge in [-0.15, -0.1) is 0 Å². The van der Waals surface area contributed by atoms with E-state index in [4.69, 9.17) is 16.3 Å². The van der Waals surface area contributed by atoms with Gasteiger partial charge in [0, 0.05) is 17.3 Å². The van der Waals surface area contributed by atoms with Gasteiger partial charge in [0.05, 0.1) is 18.1 Å². The maximum Gasteiger partial charge on any atom is 0.335 e. The maximum absolute atomic E-state index is 12.2. The van der Waals surface area contributed by atoms with Gasteiger partial charge in [-0.2, -0.15) is 0 Å². The van der Waals surface area contributed by atoms with E-state index in [1.54, 1.807) is 25.3 Å². The highest BCUT2D eigenvalue weighted by Crippen LogP contribution is 2.28. The number of nitrogens with one attached hydrogen (secondary N) is 1. The van der Waals surface area contributed by atoms with E-state index in [1.807, 2.05) is 0 Å². The van der Waals surface area contributed by atoms with Gasteiger partial charge in [-0.05, 0) is 38.3 Å². The summed E-state index contributed by atoms with van der Waals surface area (Å²) in [6.45, 7) is 2.08. The van der Waals surface area contributed by atoms with Crippen molar-refractivity contribution in [1.82, 2.24) is 5.32 Å². The van der Waals surface area contributed by atoms with E-state index in [9.17, 15) is 9.59 Å². The van der Waals surface area contributed by atoms with E-state index in [-0.39, 0.29) is 18.2 Å². The van der Waals surface area contributed by atoms with Crippen molar-refractivity contribution < 1.29 is 14.3 Å². The number of carbonyl (C=O) groups excluding carboxylic acids is 2. The Morgan fingerprint density at radius 3 is 2.78 bits per heavy atom. The van der Waals surface area contributed by atoms with Gasteiger partial charge >= 0.3 is 5.97 Å². The van der Waals surface area contributed by atoms with Crippen LogP contribution < -0.4 is 5.32 Å². The third-order valence-electron chi connectivity index (χ3n) is 4.25. The van der Waals surface area contributed by atoms with Gasteiger partial charge in [0.25, 0.3) is 0 Å². The number of halogens is 1. The molecule has 4 nitrogen and oxygen atoms in total. The van der Waals surface area contributed by atoms with Crippen molar-refractivity contribution in [3.8, 4) is 0 Å². The molecule has 0 bridgehead atoms. The summed E-state index contributed by atoms with van der Waals surface area (Å²) in [5, 5.41) is 3.79. The minimum Gasteiger partial charge on any atom is -0.463 e. The highest BCUT2D eigenvalue weighted by atomic mass is 35.5. The first-order valence-corrected chi connectivity index (χ1v) is 8.69. The number of ether oxygens (including phenoxy) is 1. The second kappa shape index (κ2) is 8.92. The maximum atomic E-state index is 12.2. The van der Waals surface area contributed by atoms with Gasteiger partial charge in [-0.1, -0.05) is 36.9 Å². The van der Waals surface area contributed by atoms with E-state index in [0.717, 1.165) is 12.8 Å². The number of hydrogen-bond donors (Lipinski definition) is 1. The van der Waals surface area contributed by atoms with Gasteiger partial charge in [0.1, 0.15) is 0 Å². The molecule has 1 fully saturated rings. The molecule has 2 rings (SSSR count). The number of allylic oxidation sites excluding steroid dienone is 4. The molecule has 1 atom stereocenters. The predicted octanol–water partition coefficient (Wildman–Crippen LogP) is 3.62. The van der Waals surface area contributed by atoms with Gasteiger partial charge in [0.2, 0.25) is 0 Å². The molecule has 0 saturated heterocycles. The molecule has 23 heavy (non-hydrogen) atoms. The van der Waals surface area contributed by atoms with Crippen LogP contribution in [0.4, 0.5) is 0 Å². The normalized spacial score (nSPS) is 22.7. The SMILES string of the molecule is CCOC(=O)/C(=C/NC1CCCCC1)CC1C(=O)C=CC=C1Cl. The number of carbonyl (C=O) groups is 2. The smallest absolute Gasteiger partial charge is 0.335 e. The molecule has 0 aromatic heterocycles. The lowest BCUT2D eigenvalue weighted by Crippen LogP contribution is -2.28. The van der Waals surface area contributed by atoms with Crippen LogP contribution in [0.2, 0.25) is 0 Å². The lowest BCUT2D eigenvalue weighted by molar-refractivity contribution is -0.138. The van der Waals surface area contributed by atoms with Crippen molar-refractivity contribution in [2.75, 3.05) is 6.61 Å². The Bertz CT molecular complexity index is 530. The number of rotatable bonds is 6. The topological polar surface area (TPSA) is 55.4 Å². The zero-order chi connectivity index (χ0) is 16.7. The molecule has 0 aliphatic heterocycles. The summed E-state index contributed by atoms with van der Waals surface area (Å²) in [6.07, 6.45) is 12.7. The van der Waals surface area contributed by atoms with Crippen LogP contribution in [0.3, 0.4) is 0 Å². The summed E-state index contributed by atoms with van der Waals surface area (Å²) in [6, 6.07) is 0.390. The predicted molar refractivity (Wildman–Crippen MR) is 90.9 cm³/mol. The average Bonchev–Trinajstić information content (AvgIpc) is 2.55. The Morgan fingerprint density at radius 2 is 2.13 bits per heavy atom. The molecular weight excluding hydrogens is 314 g/mol. The number of ketones is 1. The Morgan fingerprint density at radius 1 is 1.39 bits per heavy atom. The van der Waals surface area contributed by atoms with Gasteiger partial charge < -0.3 is 10.1 Å². The third kappa shape index (κ3) is 5.24. The second-order valence-electron chi connectivity index (χ2n) is 5.96. The molecule has 0 radical (unpaired) electrons.